The third kappa shape index (κ3) is 6.21. The lowest BCUT2D eigenvalue weighted by atomic mass is 10.5. The molecule has 0 aromatic heterocycles. The lowest BCUT2D eigenvalue weighted by Crippen LogP contribution is -2.41. The van der Waals surface area contributed by atoms with Crippen LogP contribution in [0.1, 0.15) is 26.7 Å². The van der Waals surface area contributed by atoms with Gasteiger partial charge in [-0.15, -0.1) is 0 Å². The average Bonchev–Trinajstić information content (AvgIpc) is 2.12. The van der Waals surface area contributed by atoms with E-state index in [0.717, 1.165) is 36.3 Å². The molecule has 0 saturated carbocycles. The van der Waals surface area contributed by atoms with Crippen LogP contribution in [-0.2, 0) is 14.2 Å². The highest BCUT2D eigenvalue weighted by Gasteiger charge is 2.24. The Kier molecular flexibility index (Phi) is 7.55. The lowest BCUT2D eigenvalue weighted by Gasteiger charge is -2.29. The summed E-state index contributed by atoms with van der Waals surface area (Å²) in [5.74, 6) is 0. The molecule has 0 heterocycles. The van der Waals surface area contributed by atoms with Crippen molar-refractivity contribution in [3.63, 3.8) is 0 Å². The predicted molar refractivity (Wildman–Crippen MR) is 57.0 cm³/mol. The van der Waals surface area contributed by atoms with Crippen molar-refractivity contribution >= 4 is 10.2 Å². The first-order valence-electron chi connectivity index (χ1n) is 4.95. The third-order valence-corrected chi connectivity index (χ3v) is 2.50. The van der Waals surface area contributed by atoms with Gasteiger partial charge in [0.25, 0.3) is 0 Å². The van der Waals surface area contributed by atoms with Crippen LogP contribution in [-0.4, -0.2) is 42.6 Å². The first-order valence-corrected chi connectivity index (χ1v) is 5.95. The van der Waals surface area contributed by atoms with E-state index in [2.05, 4.69) is 13.8 Å². The topological polar surface area (TPSA) is 27.7 Å². The summed E-state index contributed by atoms with van der Waals surface area (Å²) in [5.41, 5.74) is -0.430. The maximum Gasteiger partial charge on any atom is 0.163 e. The van der Waals surface area contributed by atoms with Crippen molar-refractivity contribution in [1.82, 2.24) is 0 Å². The maximum atomic E-state index is 5.64. The molecule has 4 heteroatoms. The zero-order valence-electron chi connectivity index (χ0n) is 9.26. The van der Waals surface area contributed by atoms with E-state index in [4.69, 9.17) is 14.2 Å². The highest BCUT2D eigenvalue weighted by atomic mass is 28.1. The molecule has 0 atom stereocenters. The second kappa shape index (κ2) is 7.50. The molecule has 0 bridgehead atoms. The van der Waals surface area contributed by atoms with Gasteiger partial charge in [0.1, 0.15) is 0 Å². The highest BCUT2D eigenvalue weighted by Crippen LogP contribution is 2.10. The van der Waals surface area contributed by atoms with E-state index < -0.39 is 5.41 Å². The van der Waals surface area contributed by atoms with Gasteiger partial charge in [-0.2, -0.15) is 0 Å². The SMILES string of the molecule is CCCOC([SiH3])(COC)OCCC. The first-order chi connectivity index (χ1) is 6.18. The van der Waals surface area contributed by atoms with E-state index in [1.165, 1.54) is 0 Å². The summed E-state index contributed by atoms with van der Waals surface area (Å²) < 4.78 is 16.4. The normalized spacial score (nSPS) is 12.2. The van der Waals surface area contributed by atoms with E-state index in [-0.39, 0.29) is 0 Å². The summed E-state index contributed by atoms with van der Waals surface area (Å²) in [6.45, 7) is 6.22. The minimum atomic E-state index is -0.430. The molecule has 0 aliphatic carbocycles. The van der Waals surface area contributed by atoms with Crippen molar-refractivity contribution < 1.29 is 14.2 Å². The van der Waals surface area contributed by atoms with Crippen LogP contribution in [0.5, 0.6) is 0 Å². The van der Waals surface area contributed by atoms with Crippen molar-refractivity contribution in [1.29, 1.82) is 0 Å². The number of hydrogen-bond donors (Lipinski definition) is 0. The van der Waals surface area contributed by atoms with Crippen LogP contribution in [0, 0.1) is 0 Å². The zero-order chi connectivity index (χ0) is 10.2. The second-order valence-electron chi connectivity index (χ2n) is 3.26. The summed E-state index contributed by atoms with van der Waals surface area (Å²) in [6.07, 6.45) is 2.03. The van der Waals surface area contributed by atoms with Crippen LogP contribution < -0.4 is 0 Å². The van der Waals surface area contributed by atoms with E-state index in [1.807, 2.05) is 0 Å². The molecule has 0 radical (unpaired) electrons. The third-order valence-electron chi connectivity index (χ3n) is 1.63. The minimum absolute atomic E-state index is 0.430. The van der Waals surface area contributed by atoms with Gasteiger partial charge in [0, 0.05) is 20.3 Å². The Morgan fingerprint density at radius 3 is 1.85 bits per heavy atom. The Bertz CT molecular complexity index is 111. The second-order valence-corrected chi connectivity index (χ2v) is 4.79. The van der Waals surface area contributed by atoms with Crippen molar-refractivity contribution in [2.75, 3.05) is 26.9 Å². The molecule has 0 amide bonds. The molecule has 3 nitrogen and oxygen atoms in total. The summed E-state index contributed by atoms with van der Waals surface area (Å²) in [7, 11) is 2.51. The van der Waals surface area contributed by atoms with Crippen LogP contribution in [0.3, 0.4) is 0 Å². The van der Waals surface area contributed by atoms with Gasteiger partial charge in [-0.3, -0.25) is 0 Å². The predicted octanol–water partition coefficient (Wildman–Crippen LogP) is 0.505. The number of rotatable bonds is 8. The summed E-state index contributed by atoms with van der Waals surface area (Å²) >= 11 is 0. The zero-order valence-corrected chi connectivity index (χ0v) is 11.3. The lowest BCUT2D eigenvalue weighted by molar-refractivity contribution is -0.202. The molecule has 0 aromatic rings. The molecule has 0 saturated heterocycles. The van der Waals surface area contributed by atoms with Crippen LogP contribution in [0.25, 0.3) is 0 Å². The summed E-state index contributed by atoms with van der Waals surface area (Å²) in [4.78, 5) is 0. The van der Waals surface area contributed by atoms with Crippen molar-refractivity contribution in [3.05, 3.63) is 0 Å². The van der Waals surface area contributed by atoms with Gasteiger partial charge in [0.2, 0.25) is 0 Å². The van der Waals surface area contributed by atoms with E-state index in [1.54, 1.807) is 7.11 Å². The fourth-order valence-corrected chi connectivity index (χ4v) is 1.72. The summed E-state index contributed by atoms with van der Waals surface area (Å²) in [5, 5.41) is 0. The molecule has 80 valence electrons. The molecule has 0 aliphatic rings. The van der Waals surface area contributed by atoms with Crippen molar-refractivity contribution in [2.24, 2.45) is 0 Å². The largest absolute Gasteiger partial charge is 0.380 e. The molecular weight excluding hydrogens is 184 g/mol. The van der Waals surface area contributed by atoms with Crippen molar-refractivity contribution in [2.45, 2.75) is 32.1 Å². The number of ether oxygens (including phenoxy) is 3. The Morgan fingerprint density at radius 2 is 1.54 bits per heavy atom. The van der Waals surface area contributed by atoms with Gasteiger partial charge in [-0.25, -0.2) is 0 Å². The van der Waals surface area contributed by atoms with Gasteiger partial charge in [-0.05, 0) is 12.8 Å². The standard InChI is InChI=1S/C9H22O3Si/c1-4-6-11-9(13,8-10-3)12-7-5-2/h4-8H2,1-3,13H3. The fourth-order valence-electron chi connectivity index (χ4n) is 1.02. The van der Waals surface area contributed by atoms with Gasteiger partial charge in [0.15, 0.2) is 5.41 Å². The van der Waals surface area contributed by atoms with Gasteiger partial charge >= 0.3 is 0 Å². The molecule has 0 aliphatic heterocycles. The quantitative estimate of drug-likeness (QED) is 0.428. The maximum absolute atomic E-state index is 5.64. The minimum Gasteiger partial charge on any atom is -0.380 e. The van der Waals surface area contributed by atoms with Crippen LogP contribution in [0.2, 0.25) is 0 Å². The van der Waals surface area contributed by atoms with Crippen LogP contribution in [0.4, 0.5) is 0 Å². The number of methoxy groups -OCH3 is 1. The fraction of sp³-hybridized carbons (Fsp3) is 1.00. The first kappa shape index (κ1) is 13.1. The molecule has 13 heavy (non-hydrogen) atoms. The highest BCUT2D eigenvalue weighted by molar-refractivity contribution is 6.13. The van der Waals surface area contributed by atoms with E-state index >= 15 is 0 Å². The van der Waals surface area contributed by atoms with Gasteiger partial charge in [0.05, 0.1) is 16.8 Å². The Morgan fingerprint density at radius 1 is 1.08 bits per heavy atom. The smallest absolute Gasteiger partial charge is 0.163 e. The van der Waals surface area contributed by atoms with Crippen LogP contribution >= 0.6 is 0 Å². The van der Waals surface area contributed by atoms with Gasteiger partial charge in [-0.1, -0.05) is 13.8 Å². The summed E-state index contributed by atoms with van der Waals surface area (Å²) in [6, 6.07) is 0. The number of hydrogen-bond acceptors (Lipinski definition) is 3. The van der Waals surface area contributed by atoms with Crippen molar-refractivity contribution in [3.8, 4) is 0 Å². The molecule has 0 unspecified atom stereocenters. The molecule has 0 fully saturated rings. The Labute approximate surface area is 84.2 Å². The van der Waals surface area contributed by atoms with E-state index in [0.29, 0.717) is 6.61 Å². The van der Waals surface area contributed by atoms with E-state index in [9.17, 15) is 0 Å². The molecule has 0 N–H and O–H groups in total. The molecule has 0 rings (SSSR count). The Balaban J connectivity index is 3.84. The monoisotopic (exact) mass is 206 g/mol. The Hall–Kier alpha value is 0.0969. The average molecular weight is 206 g/mol. The molecular formula is C9H22O3Si. The molecule has 0 aromatic carbocycles. The molecule has 0 spiro atoms. The van der Waals surface area contributed by atoms with Gasteiger partial charge < -0.3 is 14.2 Å². The van der Waals surface area contributed by atoms with Crippen LogP contribution in [0.15, 0.2) is 0 Å².